The van der Waals surface area contributed by atoms with E-state index in [0.717, 1.165) is 23.7 Å². The van der Waals surface area contributed by atoms with Gasteiger partial charge in [0.1, 0.15) is 0 Å². The summed E-state index contributed by atoms with van der Waals surface area (Å²) in [7, 11) is 0. The van der Waals surface area contributed by atoms with Crippen molar-refractivity contribution in [1.82, 2.24) is 8.94 Å². The average Bonchev–Trinajstić information content (AvgIpc) is 2.96. The molecule has 0 radical (unpaired) electrons. The molecule has 146 valence electrons. The second kappa shape index (κ2) is 7.94. The molecule has 2 aromatic carbocycles. The SMILES string of the molecule is O=C(Nc1nc(=O)n(Cc2ccc(C(F)(F)F)cc2)s1)c1ccc(Cl)c(Cl)c1. The summed E-state index contributed by atoms with van der Waals surface area (Å²) in [6.45, 7) is 0.0251. The number of carbonyl (C=O) groups excluding carboxylic acids is 1. The Balaban J connectivity index is 1.73. The van der Waals surface area contributed by atoms with Gasteiger partial charge in [0.15, 0.2) is 0 Å². The van der Waals surface area contributed by atoms with E-state index in [2.05, 4.69) is 10.3 Å². The Morgan fingerprint density at radius 1 is 1.11 bits per heavy atom. The molecular weight excluding hydrogens is 438 g/mol. The van der Waals surface area contributed by atoms with Crippen molar-refractivity contribution in [3.8, 4) is 0 Å². The third-order valence-electron chi connectivity index (χ3n) is 3.62. The van der Waals surface area contributed by atoms with Gasteiger partial charge in [0.2, 0.25) is 5.13 Å². The lowest BCUT2D eigenvalue weighted by Gasteiger charge is -2.07. The van der Waals surface area contributed by atoms with Crippen LogP contribution < -0.4 is 11.0 Å². The van der Waals surface area contributed by atoms with E-state index in [-0.39, 0.29) is 22.3 Å². The lowest BCUT2D eigenvalue weighted by Crippen LogP contribution is -2.16. The molecule has 0 unspecified atom stereocenters. The average molecular weight is 448 g/mol. The van der Waals surface area contributed by atoms with Crippen molar-refractivity contribution in [3.63, 3.8) is 0 Å². The number of alkyl halides is 3. The summed E-state index contributed by atoms with van der Waals surface area (Å²) in [5.41, 5.74) is -0.690. The van der Waals surface area contributed by atoms with Gasteiger partial charge in [-0.05, 0) is 47.4 Å². The molecule has 0 spiro atoms. The number of anilines is 1. The van der Waals surface area contributed by atoms with Crippen LogP contribution in [0.5, 0.6) is 0 Å². The maximum Gasteiger partial charge on any atom is 0.416 e. The fraction of sp³-hybridized carbons (Fsp3) is 0.118. The molecule has 0 saturated carbocycles. The zero-order valence-electron chi connectivity index (χ0n) is 13.8. The maximum absolute atomic E-state index is 12.6. The maximum atomic E-state index is 12.6. The Morgan fingerprint density at radius 3 is 2.39 bits per heavy atom. The zero-order chi connectivity index (χ0) is 20.5. The van der Waals surface area contributed by atoms with Gasteiger partial charge in [-0.3, -0.25) is 10.1 Å². The third kappa shape index (κ3) is 4.73. The molecule has 0 aliphatic heterocycles. The van der Waals surface area contributed by atoms with Crippen molar-refractivity contribution in [2.24, 2.45) is 0 Å². The minimum absolute atomic E-state index is 0.0251. The van der Waals surface area contributed by atoms with Gasteiger partial charge in [0.25, 0.3) is 5.91 Å². The fourth-order valence-electron chi connectivity index (χ4n) is 2.23. The summed E-state index contributed by atoms with van der Waals surface area (Å²) in [4.78, 5) is 27.9. The number of rotatable bonds is 4. The van der Waals surface area contributed by atoms with Gasteiger partial charge in [-0.2, -0.15) is 18.2 Å². The van der Waals surface area contributed by atoms with Crippen molar-refractivity contribution in [3.05, 3.63) is 79.7 Å². The molecule has 5 nitrogen and oxygen atoms in total. The van der Waals surface area contributed by atoms with E-state index >= 15 is 0 Å². The lowest BCUT2D eigenvalue weighted by molar-refractivity contribution is -0.137. The van der Waals surface area contributed by atoms with Crippen molar-refractivity contribution < 1.29 is 18.0 Å². The quantitative estimate of drug-likeness (QED) is 0.616. The van der Waals surface area contributed by atoms with Gasteiger partial charge >= 0.3 is 11.9 Å². The number of hydrogen-bond donors (Lipinski definition) is 1. The largest absolute Gasteiger partial charge is 0.416 e. The highest BCUT2D eigenvalue weighted by Gasteiger charge is 2.29. The second-order valence-corrected chi connectivity index (χ2v) is 7.43. The van der Waals surface area contributed by atoms with Crippen LogP contribution in [0, 0.1) is 0 Å². The third-order valence-corrected chi connectivity index (χ3v) is 5.23. The minimum atomic E-state index is -4.43. The van der Waals surface area contributed by atoms with E-state index in [1.54, 1.807) is 0 Å². The number of aromatic nitrogens is 2. The molecule has 11 heteroatoms. The number of nitrogens with one attached hydrogen (secondary N) is 1. The molecule has 3 aromatic rings. The van der Waals surface area contributed by atoms with Crippen molar-refractivity contribution in [2.45, 2.75) is 12.7 Å². The van der Waals surface area contributed by atoms with Crippen molar-refractivity contribution in [1.29, 1.82) is 0 Å². The van der Waals surface area contributed by atoms with E-state index in [4.69, 9.17) is 23.2 Å². The predicted molar refractivity (Wildman–Crippen MR) is 101 cm³/mol. The van der Waals surface area contributed by atoms with E-state index in [1.165, 1.54) is 34.3 Å². The van der Waals surface area contributed by atoms with Gasteiger partial charge in [-0.25, -0.2) is 8.75 Å². The molecule has 28 heavy (non-hydrogen) atoms. The van der Waals surface area contributed by atoms with Gasteiger partial charge in [-0.1, -0.05) is 35.3 Å². The van der Waals surface area contributed by atoms with Crippen LogP contribution in [0.15, 0.2) is 47.3 Å². The molecule has 1 aromatic heterocycles. The number of halogens is 5. The summed E-state index contributed by atoms with van der Waals surface area (Å²) in [6, 6.07) is 8.74. The van der Waals surface area contributed by atoms with Crippen molar-refractivity contribution >= 4 is 45.8 Å². The molecule has 3 rings (SSSR count). The van der Waals surface area contributed by atoms with Crippen LogP contribution in [0.4, 0.5) is 18.3 Å². The zero-order valence-corrected chi connectivity index (χ0v) is 16.1. The summed E-state index contributed by atoms with van der Waals surface area (Å²) < 4.78 is 39.0. The topological polar surface area (TPSA) is 64.0 Å². The molecule has 0 fully saturated rings. The van der Waals surface area contributed by atoms with Crippen LogP contribution in [0.2, 0.25) is 10.0 Å². The second-order valence-electron chi connectivity index (χ2n) is 5.61. The van der Waals surface area contributed by atoms with Crippen molar-refractivity contribution in [2.75, 3.05) is 5.32 Å². The monoisotopic (exact) mass is 447 g/mol. The highest BCUT2D eigenvalue weighted by molar-refractivity contribution is 7.10. The first-order valence-corrected chi connectivity index (χ1v) is 9.17. The molecule has 1 heterocycles. The molecule has 0 bridgehead atoms. The van der Waals surface area contributed by atoms with E-state index < -0.39 is 23.3 Å². The van der Waals surface area contributed by atoms with E-state index in [9.17, 15) is 22.8 Å². The number of carbonyl (C=O) groups is 1. The van der Waals surface area contributed by atoms with Crippen LogP contribution in [0.25, 0.3) is 0 Å². The summed E-state index contributed by atoms with van der Waals surface area (Å²) in [5.74, 6) is -0.533. The first-order valence-electron chi connectivity index (χ1n) is 7.64. The fourth-order valence-corrected chi connectivity index (χ4v) is 3.33. The standard InChI is InChI=1S/C17H10Cl2F3N3O2S/c18-12-6-3-10(7-13(12)19)14(26)23-15-24-16(27)25(28-15)8-9-1-4-11(5-2-9)17(20,21)22/h1-7H,8H2,(H,23,24,26,27). The predicted octanol–water partition coefficient (Wildman–Crippen LogP) is 4.93. The summed E-state index contributed by atoms with van der Waals surface area (Å²) in [6.07, 6.45) is -4.43. The molecule has 0 aliphatic carbocycles. The molecule has 0 saturated heterocycles. The molecule has 1 amide bonds. The van der Waals surface area contributed by atoms with Gasteiger partial charge in [0.05, 0.1) is 22.2 Å². The van der Waals surface area contributed by atoms with Crippen LogP contribution in [-0.4, -0.2) is 14.8 Å². The Hall–Kier alpha value is -2.36. The van der Waals surface area contributed by atoms with E-state index in [0.29, 0.717) is 10.6 Å². The first-order chi connectivity index (χ1) is 13.1. The lowest BCUT2D eigenvalue weighted by atomic mass is 10.1. The number of hydrogen-bond acceptors (Lipinski definition) is 4. The van der Waals surface area contributed by atoms with Gasteiger partial charge in [0, 0.05) is 5.56 Å². The number of benzene rings is 2. The Bertz CT molecular complexity index is 1080. The first kappa shape index (κ1) is 20.4. The molecular formula is C17H10Cl2F3N3O2S. The smallest absolute Gasteiger partial charge is 0.297 e. The van der Waals surface area contributed by atoms with Crippen LogP contribution in [-0.2, 0) is 12.7 Å². The van der Waals surface area contributed by atoms with Crippen LogP contribution >= 0.6 is 34.7 Å². The molecule has 0 aliphatic rings. The highest BCUT2D eigenvalue weighted by atomic mass is 35.5. The number of nitrogens with zero attached hydrogens (tertiary/aromatic N) is 2. The van der Waals surface area contributed by atoms with Gasteiger partial charge in [-0.15, -0.1) is 0 Å². The van der Waals surface area contributed by atoms with Crippen LogP contribution in [0.3, 0.4) is 0 Å². The Kier molecular flexibility index (Phi) is 5.78. The molecule has 1 N–H and O–H groups in total. The molecule has 0 atom stereocenters. The van der Waals surface area contributed by atoms with Crippen LogP contribution in [0.1, 0.15) is 21.5 Å². The minimum Gasteiger partial charge on any atom is -0.297 e. The Labute approximate surface area is 170 Å². The summed E-state index contributed by atoms with van der Waals surface area (Å²) in [5, 5.41) is 3.03. The highest BCUT2D eigenvalue weighted by Crippen LogP contribution is 2.29. The Morgan fingerprint density at radius 2 is 1.79 bits per heavy atom. The number of amides is 1. The van der Waals surface area contributed by atoms with Gasteiger partial charge < -0.3 is 0 Å². The summed E-state index contributed by atoms with van der Waals surface area (Å²) >= 11 is 12.5. The van der Waals surface area contributed by atoms with E-state index in [1.807, 2.05) is 0 Å². The normalized spacial score (nSPS) is 11.5.